The minimum atomic E-state index is -0.104. The third kappa shape index (κ3) is 2.58. The van der Waals surface area contributed by atoms with Gasteiger partial charge < -0.3 is 14.7 Å². The topological polar surface area (TPSA) is 53.0 Å². The Labute approximate surface area is 125 Å². The van der Waals surface area contributed by atoms with Crippen molar-refractivity contribution in [2.24, 2.45) is 0 Å². The number of phenols is 1. The Morgan fingerprint density at radius 3 is 2.81 bits per heavy atom. The zero-order chi connectivity index (χ0) is 15.0. The van der Waals surface area contributed by atoms with Gasteiger partial charge in [0.25, 0.3) is 5.91 Å². The summed E-state index contributed by atoms with van der Waals surface area (Å²) >= 11 is 0. The van der Waals surface area contributed by atoms with E-state index in [0.29, 0.717) is 23.4 Å². The molecule has 114 valence electrons. The van der Waals surface area contributed by atoms with Gasteiger partial charge in [-0.3, -0.25) is 9.69 Å². The smallest absolute Gasteiger partial charge is 0.257 e. The molecule has 2 heterocycles. The number of hydrogen-bond acceptors (Lipinski definition) is 4. The number of benzene rings is 1. The van der Waals surface area contributed by atoms with Gasteiger partial charge in [0, 0.05) is 25.2 Å². The highest BCUT2D eigenvalue weighted by Gasteiger charge is 2.36. The lowest BCUT2D eigenvalue weighted by atomic mass is 10.1. The molecule has 0 aliphatic carbocycles. The van der Waals surface area contributed by atoms with Gasteiger partial charge in [0.2, 0.25) is 0 Å². The SMILES string of the molecule is COc1ccc(O)c(C(=O)N2CCC3CCC(C2)N3C)c1. The standard InChI is InChI=1S/C16H22N2O3/c1-17-11-3-4-12(17)10-18(8-7-11)16(20)14-9-13(21-2)5-6-15(14)19/h5-6,9,11-12,19H,3-4,7-8,10H2,1-2H3. The van der Waals surface area contributed by atoms with Crippen molar-refractivity contribution >= 4 is 5.91 Å². The number of amides is 1. The Hall–Kier alpha value is -1.75. The maximum atomic E-state index is 12.7. The Bertz CT molecular complexity index is 546. The summed E-state index contributed by atoms with van der Waals surface area (Å²) in [5.74, 6) is 0.500. The van der Waals surface area contributed by atoms with Crippen LogP contribution in [0.5, 0.6) is 11.5 Å². The second-order valence-electron chi connectivity index (χ2n) is 5.97. The number of carbonyl (C=O) groups is 1. The fraction of sp³-hybridized carbons (Fsp3) is 0.562. The van der Waals surface area contributed by atoms with Gasteiger partial charge >= 0.3 is 0 Å². The summed E-state index contributed by atoms with van der Waals surface area (Å²) in [6.07, 6.45) is 3.38. The number of fused-ring (bicyclic) bond motifs is 2. The van der Waals surface area contributed by atoms with E-state index in [9.17, 15) is 9.90 Å². The molecule has 2 aliphatic rings. The van der Waals surface area contributed by atoms with E-state index in [4.69, 9.17) is 4.74 Å². The van der Waals surface area contributed by atoms with Crippen molar-refractivity contribution in [2.75, 3.05) is 27.2 Å². The van der Waals surface area contributed by atoms with Crippen molar-refractivity contribution in [3.8, 4) is 11.5 Å². The molecule has 2 fully saturated rings. The molecule has 1 N–H and O–H groups in total. The van der Waals surface area contributed by atoms with Crippen LogP contribution in [0, 0.1) is 0 Å². The molecule has 2 bridgehead atoms. The van der Waals surface area contributed by atoms with Crippen LogP contribution in [0.1, 0.15) is 29.6 Å². The Kier molecular flexibility index (Phi) is 3.76. The van der Waals surface area contributed by atoms with Crippen molar-refractivity contribution in [1.82, 2.24) is 9.80 Å². The van der Waals surface area contributed by atoms with Gasteiger partial charge in [-0.15, -0.1) is 0 Å². The molecule has 0 radical (unpaired) electrons. The summed E-state index contributed by atoms with van der Waals surface area (Å²) in [6, 6.07) is 5.82. The number of rotatable bonds is 2. The summed E-state index contributed by atoms with van der Waals surface area (Å²) in [5.41, 5.74) is 0.328. The highest BCUT2D eigenvalue weighted by molar-refractivity contribution is 5.97. The number of likely N-dealkylation sites (tertiary alicyclic amines) is 1. The number of phenolic OH excluding ortho intramolecular Hbond substituents is 1. The zero-order valence-electron chi connectivity index (χ0n) is 12.6. The fourth-order valence-electron chi connectivity index (χ4n) is 3.48. The van der Waals surface area contributed by atoms with Crippen molar-refractivity contribution < 1.29 is 14.6 Å². The van der Waals surface area contributed by atoms with E-state index < -0.39 is 0 Å². The lowest BCUT2D eigenvalue weighted by Gasteiger charge is -2.26. The molecule has 2 saturated heterocycles. The van der Waals surface area contributed by atoms with Crippen LogP contribution in [0.4, 0.5) is 0 Å². The van der Waals surface area contributed by atoms with Gasteiger partial charge in [-0.05, 0) is 44.5 Å². The second kappa shape index (κ2) is 5.56. The number of methoxy groups -OCH3 is 1. The lowest BCUT2D eigenvalue weighted by Crippen LogP contribution is -2.39. The van der Waals surface area contributed by atoms with Crippen LogP contribution in [0.3, 0.4) is 0 Å². The summed E-state index contributed by atoms with van der Waals surface area (Å²) in [5, 5.41) is 9.97. The Morgan fingerprint density at radius 1 is 1.29 bits per heavy atom. The van der Waals surface area contributed by atoms with Gasteiger partial charge in [0.15, 0.2) is 0 Å². The van der Waals surface area contributed by atoms with E-state index >= 15 is 0 Å². The normalized spacial score (nSPS) is 25.7. The number of aromatic hydroxyl groups is 1. The molecule has 5 nitrogen and oxygen atoms in total. The van der Waals surface area contributed by atoms with E-state index in [1.807, 2.05) is 4.90 Å². The Balaban J connectivity index is 1.82. The van der Waals surface area contributed by atoms with E-state index in [1.165, 1.54) is 12.5 Å². The van der Waals surface area contributed by atoms with Gasteiger partial charge in [-0.2, -0.15) is 0 Å². The summed E-state index contributed by atoms with van der Waals surface area (Å²) < 4.78 is 5.15. The van der Waals surface area contributed by atoms with Crippen LogP contribution >= 0.6 is 0 Å². The lowest BCUT2D eigenvalue weighted by molar-refractivity contribution is 0.0737. The minimum absolute atomic E-state index is 0.0172. The van der Waals surface area contributed by atoms with E-state index in [0.717, 1.165) is 25.9 Å². The first-order valence-corrected chi connectivity index (χ1v) is 7.48. The molecule has 1 aromatic rings. The van der Waals surface area contributed by atoms with Crippen LogP contribution in [0.25, 0.3) is 0 Å². The number of carbonyl (C=O) groups excluding carboxylic acids is 1. The van der Waals surface area contributed by atoms with Crippen LogP contribution < -0.4 is 4.74 Å². The maximum absolute atomic E-state index is 12.7. The molecule has 1 amide bonds. The molecule has 21 heavy (non-hydrogen) atoms. The molecule has 1 aromatic carbocycles. The average Bonchev–Trinajstić information content (AvgIpc) is 2.72. The quantitative estimate of drug-likeness (QED) is 0.901. The number of nitrogens with zero attached hydrogens (tertiary/aromatic N) is 2. The van der Waals surface area contributed by atoms with Gasteiger partial charge in [-0.25, -0.2) is 0 Å². The first-order valence-electron chi connectivity index (χ1n) is 7.48. The average molecular weight is 290 g/mol. The predicted octanol–water partition coefficient (Wildman–Crippen LogP) is 1.71. The third-order valence-corrected chi connectivity index (χ3v) is 4.87. The van der Waals surface area contributed by atoms with Crippen LogP contribution in [-0.4, -0.2) is 60.1 Å². The van der Waals surface area contributed by atoms with Crippen molar-refractivity contribution in [3.63, 3.8) is 0 Å². The highest BCUT2D eigenvalue weighted by Crippen LogP contribution is 2.30. The molecular weight excluding hydrogens is 268 g/mol. The summed E-state index contributed by atoms with van der Waals surface area (Å²) in [4.78, 5) is 17.0. The molecule has 5 heteroatoms. The van der Waals surface area contributed by atoms with Crippen LogP contribution in [0.15, 0.2) is 18.2 Å². The number of hydrogen-bond donors (Lipinski definition) is 1. The van der Waals surface area contributed by atoms with Crippen LogP contribution in [-0.2, 0) is 0 Å². The van der Waals surface area contributed by atoms with Crippen molar-refractivity contribution in [3.05, 3.63) is 23.8 Å². The molecule has 3 rings (SSSR count). The van der Waals surface area contributed by atoms with Crippen LogP contribution in [0.2, 0.25) is 0 Å². The molecule has 2 unspecified atom stereocenters. The molecule has 0 aromatic heterocycles. The minimum Gasteiger partial charge on any atom is -0.507 e. The molecule has 2 aliphatic heterocycles. The first kappa shape index (κ1) is 14.2. The first-order chi connectivity index (χ1) is 10.1. The number of ether oxygens (including phenoxy) is 1. The van der Waals surface area contributed by atoms with Gasteiger partial charge in [0.05, 0.1) is 12.7 Å². The number of likely N-dealkylation sites (N-methyl/N-ethyl adjacent to an activating group) is 1. The van der Waals surface area contributed by atoms with E-state index in [-0.39, 0.29) is 11.7 Å². The maximum Gasteiger partial charge on any atom is 0.257 e. The van der Waals surface area contributed by atoms with Gasteiger partial charge in [0.1, 0.15) is 11.5 Å². The molecule has 0 spiro atoms. The largest absolute Gasteiger partial charge is 0.507 e. The molecule has 2 atom stereocenters. The Morgan fingerprint density at radius 2 is 2.05 bits per heavy atom. The zero-order valence-corrected chi connectivity index (χ0v) is 12.6. The predicted molar refractivity (Wildman–Crippen MR) is 79.8 cm³/mol. The van der Waals surface area contributed by atoms with E-state index in [1.54, 1.807) is 19.2 Å². The van der Waals surface area contributed by atoms with E-state index in [2.05, 4.69) is 11.9 Å². The highest BCUT2D eigenvalue weighted by atomic mass is 16.5. The third-order valence-electron chi connectivity index (χ3n) is 4.87. The summed E-state index contributed by atoms with van der Waals surface area (Å²) in [6.45, 7) is 1.49. The second-order valence-corrected chi connectivity index (χ2v) is 5.97. The fourth-order valence-corrected chi connectivity index (χ4v) is 3.48. The monoisotopic (exact) mass is 290 g/mol. The van der Waals surface area contributed by atoms with Gasteiger partial charge in [-0.1, -0.05) is 0 Å². The van der Waals surface area contributed by atoms with Crippen molar-refractivity contribution in [1.29, 1.82) is 0 Å². The van der Waals surface area contributed by atoms with Crippen molar-refractivity contribution in [2.45, 2.75) is 31.3 Å². The molecule has 0 saturated carbocycles. The summed E-state index contributed by atoms with van der Waals surface area (Å²) in [7, 11) is 3.71. The molecular formula is C16H22N2O3.